The van der Waals surface area contributed by atoms with Crippen LogP contribution in [-0.2, 0) is 0 Å². The third kappa shape index (κ3) is 3.03. The summed E-state index contributed by atoms with van der Waals surface area (Å²) in [5.74, 6) is -0.253. The van der Waals surface area contributed by atoms with E-state index in [9.17, 15) is 4.79 Å². The van der Waals surface area contributed by atoms with Crippen molar-refractivity contribution in [2.45, 2.75) is 13.0 Å². The second kappa shape index (κ2) is 5.71. The maximum absolute atomic E-state index is 12.1. The highest BCUT2D eigenvalue weighted by Crippen LogP contribution is 2.23. The first-order valence-electron chi connectivity index (χ1n) is 5.84. The van der Waals surface area contributed by atoms with E-state index in [1.165, 1.54) is 0 Å². The Bertz CT molecular complexity index is 586. The van der Waals surface area contributed by atoms with Crippen LogP contribution in [0.5, 0.6) is 0 Å². The van der Waals surface area contributed by atoms with Crippen molar-refractivity contribution in [2.24, 2.45) is 0 Å². The average molecular weight is 276 g/mol. The summed E-state index contributed by atoms with van der Waals surface area (Å²) in [6.07, 6.45) is 3.40. The molecule has 0 saturated heterocycles. The van der Waals surface area contributed by atoms with Gasteiger partial charge in [0, 0.05) is 12.4 Å². The summed E-state index contributed by atoms with van der Waals surface area (Å²) in [5, 5.41) is 3.24. The van der Waals surface area contributed by atoms with Crippen LogP contribution in [0.1, 0.15) is 28.9 Å². The van der Waals surface area contributed by atoms with E-state index in [1.54, 1.807) is 30.6 Å². The molecule has 5 heteroatoms. The maximum Gasteiger partial charge on any atom is 0.253 e. The molecule has 0 radical (unpaired) electrons. The van der Waals surface area contributed by atoms with Gasteiger partial charge in [0.2, 0.25) is 0 Å². The van der Waals surface area contributed by atoms with E-state index in [-0.39, 0.29) is 11.9 Å². The van der Waals surface area contributed by atoms with Crippen LogP contribution >= 0.6 is 11.6 Å². The van der Waals surface area contributed by atoms with E-state index in [2.05, 4.69) is 10.3 Å². The molecule has 4 nitrogen and oxygen atoms in total. The van der Waals surface area contributed by atoms with Gasteiger partial charge in [0.15, 0.2) is 0 Å². The fourth-order valence-corrected chi connectivity index (χ4v) is 1.90. The van der Waals surface area contributed by atoms with Crippen LogP contribution in [0, 0.1) is 0 Å². The Kier molecular flexibility index (Phi) is 4.02. The number of hydrogen-bond acceptors (Lipinski definition) is 3. The molecular formula is C14H14ClN3O. The van der Waals surface area contributed by atoms with Crippen molar-refractivity contribution in [3.05, 3.63) is 58.9 Å². The van der Waals surface area contributed by atoms with Gasteiger partial charge in [-0.3, -0.25) is 9.78 Å². The lowest BCUT2D eigenvalue weighted by Gasteiger charge is -2.15. The van der Waals surface area contributed by atoms with Gasteiger partial charge >= 0.3 is 0 Å². The standard InChI is InChI=1S/C14H14ClN3O/c1-9(10-4-3-7-17-8-10)18-14(19)11-5-2-6-12(15)13(11)16/h2-9H,16H2,1H3,(H,18,19). The van der Waals surface area contributed by atoms with Crippen LogP contribution in [-0.4, -0.2) is 10.9 Å². The Labute approximate surface area is 116 Å². The lowest BCUT2D eigenvalue weighted by molar-refractivity contribution is 0.0940. The molecule has 98 valence electrons. The number of hydrogen-bond donors (Lipinski definition) is 2. The van der Waals surface area contributed by atoms with Gasteiger partial charge in [-0.2, -0.15) is 0 Å². The molecule has 1 aromatic carbocycles. The van der Waals surface area contributed by atoms with E-state index in [1.807, 2.05) is 19.1 Å². The van der Waals surface area contributed by atoms with Gasteiger partial charge in [0.1, 0.15) is 0 Å². The van der Waals surface area contributed by atoms with Crippen molar-refractivity contribution in [1.29, 1.82) is 0 Å². The van der Waals surface area contributed by atoms with E-state index in [0.29, 0.717) is 16.3 Å². The number of aromatic nitrogens is 1. The van der Waals surface area contributed by atoms with Crippen LogP contribution in [0.4, 0.5) is 5.69 Å². The van der Waals surface area contributed by atoms with Crippen LogP contribution < -0.4 is 11.1 Å². The minimum atomic E-state index is -0.253. The minimum absolute atomic E-state index is 0.153. The molecule has 3 N–H and O–H groups in total. The molecule has 1 amide bonds. The highest BCUT2D eigenvalue weighted by atomic mass is 35.5. The highest BCUT2D eigenvalue weighted by Gasteiger charge is 2.15. The number of halogens is 1. The fraction of sp³-hybridized carbons (Fsp3) is 0.143. The topological polar surface area (TPSA) is 68.0 Å². The Morgan fingerprint density at radius 2 is 2.16 bits per heavy atom. The molecule has 1 unspecified atom stereocenters. The summed E-state index contributed by atoms with van der Waals surface area (Å²) < 4.78 is 0. The van der Waals surface area contributed by atoms with Crippen molar-refractivity contribution in [2.75, 3.05) is 5.73 Å². The third-order valence-electron chi connectivity index (χ3n) is 2.83. The Morgan fingerprint density at radius 3 is 2.84 bits per heavy atom. The summed E-state index contributed by atoms with van der Waals surface area (Å²) in [6.45, 7) is 1.88. The molecule has 1 atom stereocenters. The molecule has 19 heavy (non-hydrogen) atoms. The summed E-state index contributed by atoms with van der Waals surface area (Å²) in [6, 6.07) is 8.57. The zero-order chi connectivity index (χ0) is 13.8. The number of para-hydroxylation sites is 1. The Balaban J connectivity index is 2.16. The Morgan fingerprint density at radius 1 is 1.37 bits per heavy atom. The van der Waals surface area contributed by atoms with Crippen molar-refractivity contribution in [3.8, 4) is 0 Å². The zero-order valence-electron chi connectivity index (χ0n) is 10.4. The second-order valence-corrected chi connectivity index (χ2v) is 4.59. The molecule has 1 heterocycles. The van der Waals surface area contributed by atoms with Crippen LogP contribution in [0.15, 0.2) is 42.7 Å². The lowest BCUT2D eigenvalue weighted by atomic mass is 10.1. The number of nitrogens with zero attached hydrogens (tertiary/aromatic N) is 1. The number of rotatable bonds is 3. The van der Waals surface area contributed by atoms with Gasteiger partial charge in [0.25, 0.3) is 5.91 Å². The molecule has 0 saturated carbocycles. The van der Waals surface area contributed by atoms with Crippen molar-refractivity contribution < 1.29 is 4.79 Å². The van der Waals surface area contributed by atoms with Gasteiger partial charge in [-0.05, 0) is 30.7 Å². The molecule has 0 aliphatic carbocycles. The van der Waals surface area contributed by atoms with E-state index in [0.717, 1.165) is 5.56 Å². The predicted molar refractivity (Wildman–Crippen MR) is 76.0 cm³/mol. The van der Waals surface area contributed by atoms with E-state index >= 15 is 0 Å². The molecule has 0 fully saturated rings. The van der Waals surface area contributed by atoms with E-state index < -0.39 is 0 Å². The number of benzene rings is 1. The summed E-state index contributed by atoms with van der Waals surface area (Å²) in [4.78, 5) is 16.2. The molecule has 2 aromatic rings. The minimum Gasteiger partial charge on any atom is -0.397 e. The van der Waals surface area contributed by atoms with Crippen LogP contribution in [0.25, 0.3) is 0 Å². The number of anilines is 1. The molecule has 0 aliphatic heterocycles. The smallest absolute Gasteiger partial charge is 0.253 e. The van der Waals surface area contributed by atoms with E-state index in [4.69, 9.17) is 17.3 Å². The summed E-state index contributed by atoms with van der Waals surface area (Å²) >= 11 is 5.90. The van der Waals surface area contributed by atoms with Crippen molar-refractivity contribution >= 4 is 23.2 Å². The first-order chi connectivity index (χ1) is 9.09. The third-order valence-corrected chi connectivity index (χ3v) is 3.16. The highest BCUT2D eigenvalue weighted by molar-refractivity contribution is 6.33. The van der Waals surface area contributed by atoms with Gasteiger partial charge in [-0.15, -0.1) is 0 Å². The number of amides is 1. The van der Waals surface area contributed by atoms with Crippen LogP contribution in [0.2, 0.25) is 5.02 Å². The molecule has 0 bridgehead atoms. The average Bonchev–Trinajstić information content (AvgIpc) is 2.42. The molecule has 0 aliphatic rings. The van der Waals surface area contributed by atoms with Gasteiger partial charge in [-0.25, -0.2) is 0 Å². The normalized spacial score (nSPS) is 11.9. The number of pyridine rings is 1. The van der Waals surface area contributed by atoms with Crippen molar-refractivity contribution in [3.63, 3.8) is 0 Å². The number of nitrogens with two attached hydrogens (primary N) is 1. The number of carbonyl (C=O) groups excluding carboxylic acids is 1. The molecule has 2 rings (SSSR count). The zero-order valence-corrected chi connectivity index (χ0v) is 11.2. The Hall–Kier alpha value is -2.07. The van der Waals surface area contributed by atoms with Crippen LogP contribution in [0.3, 0.4) is 0 Å². The quantitative estimate of drug-likeness (QED) is 0.847. The van der Waals surface area contributed by atoms with Gasteiger partial charge in [0.05, 0.1) is 22.3 Å². The first-order valence-corrected chi connectivity index (χ1v) is 6.22. The van der Waals surface area contributed by atoms with Gasteiger partial charge in [-0.1, -0.05) is 23.7 Å². The molecular weight excluding hydrogens is 262 g/mol. The number of nitrogen functional groups attached to an aromatic ring is 1. The largest absolute Gasteiger partial charge is 0.397 e. The number of carbonyl (C=O) groups is 1. The predicted octanol–water partition coefficient (Wildman–Crippen LogP) is 2.81. The number of nitrogens with one attached hydrogen (secondary N) is 1. The SMILES string of the molecule is CC(NC(=O)c1cccc(Cl)c1N)c1cccnc1. The second-order valence-electron chi connectivity index (χ2n) is 4.18. The lowest BCUT2D eigenvalue weighted by Crippen LogP contribution is -2.27. The van der Waals surface area contributed by atoms with Crippen molar-refractivity contribution in [1.82, 2.24) is 10.3 Å². The monoisotopic (exact) mass is 275 g/mol. The maximum atomic E-state index is 12.1. The van der Waals surface area contributed by atoms with Gasteiger partial charge < -0.3 is 11.1 Å². The molecule has 0 spiro atoms. The summed E-state index contributed by atoms with van der Waals surface area (Å²) in [7, 11) is 0. The fourth-order valence-electron chi connectivity index (χ4n) is 1.72. The first kappa shape index (κ1) is 13.4. The summed E-state index contributed by atoms with van der Waals surface area (Å²) in [5.41, 5.74) is 7.39. The molecule has 1 aromatic heterocycles.